The van der Waals surface area contributed by atoms with Gasteiger partial charge in [-0.25, -0.2) is 0 Å². The van der Waals surface area contributed by atoms with Crippen molar-refractivity contribution in [2.75, 3.05) is 34.4 Å². The van der Waals surface area contributed by atoms with E-state index in [1.54, 1.807) is 14.2 Å². The lowest BCUT2D eigenvalue weighted by molar-refractivity contribution is -0.0220. The highest BCUT2D eigenvalue weighted by Crippen LogP contribution is 2.44. The molecule has 0 bridgehead atoms. The summed E-state index contributed by atoms with van der Waals surface area (Å²) in [5.74, 6) is 1.36. The topological polar surface area (TPSA) is 41.9 Å². The van der Waals surface area contributed by atoms with Crippen LogP contribution in [0.5, 0.6) is 11.5 Å². The van der Waals surface area contributed by atoms with Crippen molar-refractivity contribution >= 4 is 15.9 Å². The van der Waals surface area contributed by atoms with Crippen molar-refractivity contribution in [1.82, 2.24) is 4.90 Å². The van der Waals surface area contributed by atoms with E-state index in [4.69, 9.17) is 9.47 Å². The van der Waals surface area contributed by atoms with Crippen LogP contribution in [0.1, 0.15) is 18.4 Å². The number of likely N-dealkylation sites (tertiary alicyclic amines) is 1. The Labute approximate surface area is 122 Å². The van der Waals surface area contributed by atoms with Gasteiger partial charge in [0.25, 0.3) is 0 Å². The standard InChI is InChI=1S/C14H20BrNO3/c1-16-8-6-14(17,7-9-16)10-4-5-11(18-2)12(15)13(10)19-3/h4-5,17H,6-9H2,1-3H3. The summed E-state index contributed by atoms with van der Waals surface area (Å²) < 4.78 is 11.5. The fraction of sp³-hybridized carbons (Fsp3) is 0.571. The molecule has 0 aromatic heterocycles. The number of ether oxygens (including phenoxy) is 2. The molecule has 1 N–H and O–H groups in total. The predicted octanol–water partition coefficient (Wildman–Crippen LogP) is 2.38. The Hall–Kier alpha value is -0.780. The normalized spacial score (nSPS) is 19.2. The molecular weight excluding hydrogens is 310 g/mol. The van der Waals surface area contributed by atoms with Gasteiger partial charge >= 0.3 is 0 Å². The van der Waals surface area contributed by atoms with Crippen LogP contribution in [-0.4, -0.2) is 44.4 Å². The Morgan fingerprint density at radius 1 is 1.21 bits per heavy atom. The Bertz CT molecular complexity index is 456. The number of methoxy groups -OCH3 is 2. The summed E-state index contributed by atoms with van der Waals surface area (Å²) in [5, 5.41) is 10.9. The highest BCUT2D eigenvalue weighted by molar-refractivity contribution is 9.10. The van der Waals surface area contributed by atoms with Gasteiger partial charge in [-0.2, -0.15) is 0 Å². The lowest BCUT2D eigenvalue weighted by Crippen LogP contribution is -2.40. The minimum absolute atomic E-state index is 0.659. The molecule has 0 saturated carbocycles. The van der Waals surface area contributed by atoms with E-state index in [1.165, 1.54) is 0 Å². The molecule has 2 rings (SSSR count). The summed E-state index contributed by atoms with van der Waals surface area (Å²) in [5.41, 5.74) is 0.00268. The van der Waals surface area contributed by atoms with Crippen molar-refractivity contribution in [3.63, 3.8) is 0 Å². The summed E-state index contributed by atoms with van der Waals surface area (Å²) >= 11 is 3.48. The van der Waals surface area contributed by atoms with E-state index in [-0.39, 0.29) is 0 Å². The van der Waals surface area contributed by atoms with Crippen LogP contribution in [0.25, 0.3) is 0 Å². The summed E-state index contributed by atoms with van der Waals surface area (Å²) in [6.07, 6.45) is 1.41. The van der Waals surface area contributed by atoms with Gasteiger partial charge in [-0.1, -0.05) is 0 Å². The van der Waals surface area contributed by atoms with E-state index >= 15 is 0 Å². The van der Waals surface area contributed by atoms with Gasteiger partial charge in [-0.15, -0.1) is 0 Å². The van der Waals surface area contributed by atoms with Gasteiger partial charge in [0.1, 0.15) is 16.0 Å². The van der Waals surface area contributed by atoms with Crippen LogP contribution in [0.4, 0.5) is 0 Å². The maximum atomic E-state index is 10.9. The third-order valence-electron chi connectivity index (χ3n) is 3.80. The minimum Gasteiger partial charge on any atom is -0.495 e. The molecule has 0 unspecified atom stereocenters. The first-order chi connectivity index (χ1) is 9.01. The third kappa shape index (κ3) is 2.73. The number of aliphatic hydroxyl groups is 1. The van der Waals surface area contributed by atoms with Gasteiger partial charge in [-0.05, 0) is 48.0 Å². The number of halogens is 1. The molecular formula is C14H20BrNO3. The fourth-order valence-electron chi connectivity index (χ4n) is 2.52. The molecule has 4 nitrogen and oxygen atoms in total. The molecule has 0 amide bonds. The Kier molecular flexibility index (Phi) is 4.38. The summed E-state index contributed by atoms with van der Waals surface area (Å²) in [6.45, 7) is 1.76. The van der Waals surface area contributed by atoms with Crippen LogP contribution >= 0.6 is 15.9 Å². The fourth-order valence-corrected chi connectivity index (χ4v) is 3.19. The first kappa shape index (κ1) is 14.6. The lowest BCUT2D eigenvalue weighted by atomic mass is 9.84. The van der Waals surface area contributed by atoms with E-state index in [0.29, 0.717) is 24.3 Å². The zero-order valence-electron chi connectivity index (χ0n) is 11.6. The highest BCUT2D eigenvalue weighted by Gasteiger charge is 2.36. The van der Waals surface area contributed by atoms with Crippen molar-refractivity contribution in [3.05, 3.63) is 22.2 Å². The van der Waals surface area contributed by atoms with E-state index in [2.05, 4.69) is 27.9 Å². The third-order valence-corrected chi connectivity index (χ3v) is 4.55. The van der Waals surface area contributed by atoms with Gasteiger partial charge in [0.05, 0.1) is 19.8 Å². The molecule has 1 saturated heterocycles. The summed E-state index contributed by atoms with van der Waals surface area (Å²) in [6, 6.07) is 3.76. The van der Waals surface area contributed by atoms with Gasteiger partial charge in [0, 0.05) is 18.7 Å². The quantitative estimate of drug-likeness (QED) is 0.924. The molecule has 1 fully saturated rings. The van der Waals surface area contributed by atoms with Crippen molar-refractivity contribution in [3.8, 4) is 11.5 Å². The molecule has 19 heavy (non-hydrogen) atoms. The molecule has 1 aromatic rings. The second-order valence-corrected chi connectivity index (χ2v) is 5.79. The summed E-state index contributed by atoms with van der Waals surface area (Å²) in [4.78, 5) is 2.22. The highest BCUT2D eigenvalue weighted by atomic mass is 79.9. The Balaban J connectivity index is 2.42. The predicted molar refractivity (Wildman–Crippen MR) is 77.9 cm³/mol. The molecule has 1 aliphatic rings. The van der Waals surface area contributed by atoms with Gasteiger partial charge < -0.3 is 19.5 Å². The molecule has 0 radical (unpaired) electrons. The van der Waals surface area contributed by atoms with Gasteiger partial charge in [0.15, 0.2) is 0 Å². The first-order valence-electron chi connectivity index (χ1n) is 6.33. The average molecular weight is 330 g/mol. The van der Waals surface area contributed by atoms with Crippen molar-refractivity contribution < 1.29 is 14.6 Å². The van der Waals surface area contributed by atoms with E-state index in [1.807, 2.05) is 12.1 Å². The SMILES string of the molecule is COc1ccc(C2(O)CCN(C)CC2)c(OC)c1Br. The second-order valence-electron chi connectivity index (χ2n) is 5.00. The molecule has 0 spiro atoms. The maximum absolute atomic E-state index is 10.9. The molecule has 1 aliphatic heterocycles. The number of rotatable bonds is 3. The van der Waals surface area contributed by atoms with E-state index < -0.39 is 5.60 Å². The number of nitrogens with zero attached hydrogens (tertiary/aromatic N) is 1. The first-order valence-corrected chi connectivity index (χ1v) is 7.13. The average Bonchev–Trinajstić information content (AvgIpc) is 2.42. The van der Waals surface area contributed by atoms with E-state index in [0.717, 1.165) is 23.1 Å². The van der Waals surface area contributed by atoms with E-state index in [9.17, 15) is 5.11 Å². The molecule has 106 valence electrons. The van der Waals surface area contributed by atoms with Crippen molar-refractivity contribution in [2.24, 2.45) is 0 Å². The van der Waals surface area contributed by atoms with Crippen LogP contribution in [-0.2, 0) is 5.60 Å². The number of hydrogen-bond acceptors (Lipinski definition) is 4. The largest absolute Gasteiger partial charge is 0.495 e. The molecule has 1 heterocycles. The maximum Gasteiger partial charge on any atom is 0.142 e. The monoisotopic (exact) mass is 329 g/mol. The molecule has 5 heteroatoms. The van der Waals surface area contributed by atoms with Crippen molar-refractivity contribution in [1.29, 1.82) is 0 Å². The lowest BCUT2D eigenvalue weighted by Gasteiger charge is -2.37. The Morgan fingerprint density at radius 2 is 1.84 bits per heavy atom. The van der Waals surface area contributed by atoms with Crippen LogP contribution < -0.4 is 9.47 Å². The van der Waals surface area contributed by atoms with Crippen molar-refractivity contribution in [2.45, 2.75) is 18.4 Å². The number of hydrogen-bond donors (Lipinski definition) is 1. The van der Waals surface area contributed by atoms with Gasteiger partial charge in [0.2, 0.25) is 0 Å². The molecule has 0 atom stereocenters. The van der Waals surface area contributed by atoms with Gasteiger partial charge in [-0.3, -0.25) is 0 Å². The second kappa shape index (κ2) is 5.69. The van der Waals surface area contributed by atoms with Crippen LogP contribution in [0.2, 0.25) is 0 Å². The van der Waals surface area contributed by atoms with Crippen LogP contribution in [0.15, 0.2) is 16.6 Å². The van der Waals surface area contributed by atoms with Crippen LogP contribution in [0, 0.1) is 0 Å². The zero-order valence-corrected chi connectivity index (χ0v) is 13.2. The minimum atomic E-state index is -0.827. The van der Waals surface area contributed by atoms with Crippen LogP contribution in [0.3, 0.4) is 0 Å². The molecule has 0 aliphatic carbocycles. The zero-order chi connectivity index (χ0) is 14.0. The summed E-state index contributed by atoms with van der Waals surface area (Å²) in [7, 11) is 5.30. The number of benzene rings is 1. The molecule has 1 aromatic carbocycles. The smallest absolute Gasteiger partial charge is 0.142 e. The Morgan fingerprint density at radius 3 is 2.37 bits per heavy atom. The number of piperidine rings is 1.